The Balaban J connectivity index is 1.42. The van der Waals surface area contributed by atoms with Gasteiger partial charge in [0, 0.05) is 32.7 Å². The van der Waals surface area contributed by atoms with E-state index in [9.17, 15) is 18.3 Å². The van der Waals surface area contributed by atoms with Crippen LogP contribution in [-0.4, -0.2) is 60.4 Å². The number of aliphatic hydroxyl groups excluding tert-OH is 1. The molecule has 9 heteroatoms. The molecule has 1 aliphatic heterocycles. The Morgan fingerprint density at radius 2 is 1.85 bits per heavy atom. The van der Waals surface area contributed by atoms with E-state index >= 15 is 0 Å². The summed E-state index contributed by atoms with van der Waals surface area (Å²) in [6.45, 7) is 3.14. The summed E-state index contributed by atoms with van der Waals surface area (Å²) < 4.78 is 43.6. The number of thiazole rings is 1. The zero-order chi connectivity index (χ0) is 18.6. The van der Waals surface area contributed by atoms with Crippen molar-refractivity contribution >= 4 is 16.5 Å². The van der Waals surface area contributed by atoms with Gasteiger partial charge in [0.2, 0.25) is 0 Å². The van der Waals surface area contributed by atoms with Crippen molar-refractivity contribution in [1.82, 2.24) is 9.88 Å². The van der Waals surface area contributed by atoms with Gasteiger partial charge in [0.1, 0.15) is 23.3 Å². The highest BCUT2D eigenvalue weighted by atomic mass is 32.1. The standard InChI is InChI=1S/C17H20F3N3O2S/c18-17(19,20)15-10-21-16(26-15)23-8-6-22(7-9-23)11-13(24)12-25-14-4-2-1-3-5-14/h1-5,10,13,24H,6-9,11-12H2/t13-/m1/s1. The lowest BCUT2D eigenvalue weighted by atomic mass is 10.2. The molecule has 1 N–H and O–H groups in total. The van der Waals surface area contributed by atoms with Gasteiger partial charge in [-0.3, -0.25) is 4.90 Å². The van der Waals surface area contributed by atoms with E-state index in [-0.39, 0.29) is 6.61 Å². The van der Waals surface area contributed by atoms with Crippen LogP contribution in [0.5, 0.6) is 5.75 Å². The number of ether oxygens (including phenoxy) is 1. The average molecular weight is 387 g/mol. The summed E-state index contributed by atoms with van der Waals surface area (Å²) in [5.74, 6) is 0.709. The maximum Gasteiger partial charge on any atom is 0.427 e. The second-order valence-corrected chi connectivity index (χ2v) is 7.08. The summed E-state index contributed by atoms with van der Waals surface area (Å²) in [7, 11) is 0. The Kier molecular flexibility index (Phi) is 6.00. The number of anilines is 1. The van der Waals surface area contributed by atoms with E-state index in [1.54, 1.807) is 0 Å². The average Bonchev–Trinajstić information content (AvgIpc) is 3.12. The van der Waals surface area contributed by atoms with Crippen molar-refractivity contribution in [2.45, 2.75) is 12.3 Å². The van der Waals surface area contributed by atoms with Crippen LogP contribution >= 0.6 is 11.3 Å². The molecule has 0 amide bonds. The van der Waals surface area contributed by atoms with Crippen molar-refractivity contribution in [3.8, 4) is 5.75 Å². The highest BCUT2D eigenvalue weighted by Gasteiger charge is 2.34. The first-order valence-electron chi connectivity index (χ1n) is 8.28. The normalized spacial score (nSPS) is 17.3. The molecule has 5 nitrogen and oxygen atoms in total. The van der Waals surface area contributed by atoms with E-state index < -0.39 is 17.2 Å². The van der Waals surface area contributed by atoms with E-state index in [0.717, 1.165) is 6.20 Å². The maximum absolute atomic E-state index is 12.7. The molecule has 1 atom stereocenters. The molecule has 1 aromatic carbocycles. The van der Waals surface area contributed by atoms with Gasteiger partial charge in [-0.1, -0.05) is 29.5 Å². The molecule has 0 bridgehead atoms. The Morgan fingerprint density at radius 3 is 2.46 bits per heavy atom. The largest absolute Gasteiger partial charge is 0.491 e. The van der Waals surface area contributed by atoms with E-state index in [1.165, 1.54) is 0 Å². The lowest BCUT2D eigenvalue weighted by Crippen LogP contribution is -2.49. The van der Waals surface area contributed by atoms with Crippen LogP contribution in [-0.2, 0) is 6.18 Å². The second kappa shape index (κ2) is 8.24. The molecule has 0 radical (unpaired) electrons. The van der Waals surface area contributed by atoms with Crippen molar-refractivity contribution in [2.24, 2.45) is 0 Å². The number of hydrogen-bond donors (Lipinski definition) is 1. The molecular weight excluding hydrogens is 367 g/mol. The van der Waals surface area contributed by atoms with Gasteiger partial charge in [-0.05, 0) is 12.1 Å². The van der Waals surface area contributed by atoms with Crippen LogP contribution in [0.3, 0.4) is 0 Å². The molecule has 3 rings (SSSR count). The van der Waals surface area contributed by atoms with Crippen LogP contribution in [0.4, 0.5) is 18.3 Å². The summed E-state index contributed by atoms with van der Waals surface area (Å²) >= 11 is 0.669. The Morgan fingerprint density at radius 1 is 1.15 bits per heavy atom. The molecule has 1 aliphatic rings. The van der Waals surface area contributed by atoms with E-state index in [1.807, 2.05) is 35.2 Å². The van der Waals surface area contributed by atoms with Crippen LogP contribution in [0.2, 0.25) is 0 Å². The molecule has 2 aromatic rings. The first-order chi connectivity index (χ1) is 12.4. The molecular formula is C17H20F3N3O2S. The quantitative estimate of drug-likeness (QED) is 0.826. The summed E-state index contributed by atoms with van der Waals surface area (Å²) in [5.41, 5.74) is 0. The van der Waals surface area contributed by atoms with Crippen molar-refractivity contribution in [3.63, 3.8) is 0 Å². The smallest absolute Gasteiger partial charge is 0.427 e. The zero-order valence-electron chi connectivity index (χ0n) is 14.0. The minimum atomic E-state index is -4.35. The van der Waals surface area contributed by atoms with Gasteiger partial charge >= 0.3 is 6.18 Å². The lowest BCUT2D eigenvalue weighted by Gasteiger charge is -2.35. The fourth-order valence-corrected chi connectivity index (χ4v) is 3.56. The third-order valence-corrected chi connectivity index (χ3v) is 5.17. The molecule has 2 heterocycles. The molecule has 0 aliphatic carbocycles. The van der Waals surface area contributed by atoms with Crippen LogP contribution in [0.1, 0.15) is 4.88 Å². The summed E-state index contributed by atoms with van der Waals surface area (Å²) in [6.07, 6.45) is -4.09. The first-order valence-corrected chi connectivity index (χ1v) is 9.10. The minimum Gasteiger partial charge on any atom is -0.491 e. The number of aromatic nitrogens is 1. The second-order valence-electron chi connectivity index (χ2n) is 6.07. The Labute approximate surface area is 153 Å². The zero-order valence-corrected chi connectivity index (χ0v) is 14.8. The van der Waals surface area contributed by atoms with Gasteiger partial charge < -0.3 is 14.7 Å². The van der Waals surface area contributed by atoms with Gasteiger partial charge in [0.15, 0.2) is 5.13 Å². The summed E-state index contributed by atoms with van der Waals surface area (Å²) in [5, 5.41) is 10.5. The van der Waals surface area contributed by atoms with Gasteiger partial charge in [0.25, 0.3) is 0 Å². The van der Waals surface area contributed by atoms with Crippen LogP contribution < -0.4 is 9.64 Å². The first kappa shape index (κ1) is 18.9. The molecule has 26 heavy (non-hydrogen) atoms. The molecule has 1 saturated heterocycles. The van der Waals surface area contributed by atoms with E-state index in [2.05, 4.69) is 9.88 Å². The highest BCUT2D eigenvalue weighted by molar-refractivity contribution is 7.15. The number of alkyl halides is 3. The highest BCUT2D eigenvalue weighted by Crippen LogP contribution is 2.36. The monoisotopic (exact) mass is 387 g/mol. The topological polar surface area (TPSA) is 48.8 Å². The third-order valence-electron chi connectivity index (χ3n) is 4.07. The Bertz CT molecular complexity index is 688. The molecule has 0 spiro atoms. The van der Waals surface area contributed by atoms with Crippen LogP contribution in [0.25, 0.3) is 0 Å². The van der Waals surface area contributed by atoms with Crippen molar-refractivity contribution < 1.29 is 23.0 Å². The predicted molar refractivity (Wildman–Crippen MR) is 93.7 cm³/mol. The van der Waals surface area contributed by atoms with Crippen LogP contribution in [0.15, 0.2) is 36.5 Å². The SMILES string of the molecule is O[C@@H](COc1ccccc1)CN1CCN(c2ncc(C(F)(F)F)s2)CC1. The fraction of sp³-hybridized carbons (Fsp3) is 0.471. The molecule has 1 aromatic heterocycles. The third kappa shape index (κ3) is 5.09. The van der Waals surface area contributed by atoms with Gasteiger partial charge in [-0.15, -0.1) is 0 Å². The maximum atomic E-state index is 12.7. The van der Waals surface area contributed by atoms with Crippen molar-refractivity contribution in [2.75, 3.05) is 44.2 Å². The fourth-order valence-electron chi connectivity index (χ4n) is 2.72. The number of para-hydroxylation sites is 1. The van der Waals surface area contributed by atoms with Crippen LogP contribution in [0, 0.1) is 0 Å². The van der Waals surface area contributed by atoms with Crippen molar-refractivity contribution in [1.29, 1.82) is 0 Å². The lowest BCUT2D eigenvalue weighted by molar-refractivity contribution is -0.134. The predicted octanol–water partition coefficient (Wildman–Crippen LogP) is 2.72. The number of benzene rings is 1. The van der Waals surface area contributed by atoms with E-state index in [4.69, 9.17) is 4.74 Å². The number of β-amino-alcohol motifs (C(OH)–C–C–N with tert-alkyl or cyclic N) is 1. The molecule has 142 valence electrons. The number of hydrogen-bond acceptors (Lipinski definition) is 6. The molecule has 1 fully saturated rings. The number of halogens is 3. The number of rotatable bonds is 6. The molecule has 0 saturated carbocycles. The number of nitrogens with zero attached hydrogens (tertiary/aromatic N) is 3. The Hall–Kier alpha value is -1.84. The van der Waals surface area contributed by atoms with Gasteiger partial charge in [0.05, 0.1) is 6.20 Å². The summed E-state index contributed by atoms with van der Waals surface area (Å²) in [4.78, 5) is 7.14. The minimum absolute atomic E-state index is 0.200. The molecule has 0 unspecified atom stereocenters. The summed E-state index contributed by atoms with van der Waals surface area (Å²) in [6, 6.07) is 9.28. The number of aliphatic hydroxyl groups is 1. The van der Waals surface area contributed by atoms with Gasteiger partial charge in [-0.2, -0.15) is 13.2 Å². The van der Waals surface area contributed by atoms with Crippen molar-refractivity contribution in [3.05, 3.63) is 41.4 Å². The van der Waals surface area contributed by atoms with Gasteiger partial charge in [-0.25, -0.2) is 4.98 Å². The van der Waals surface area contributed by atoms with E-state index in [0.29, 0.717) is 54.9 Å². The number of piperazine rings is 1.